The quantitative estimate of drug-likeness (QED) is 0.638. The van der Waals surface area contributed by atoms with Crippen molar-refractivity contribution >= 4 is 11.3 Å². The van der Waals surface area contributed by atoms with Crippen molar-refractivity contribution in [3.05, 3.63) is 65.8 Å². The van der Waals surface area contributed by atoms with Gasteiger partial charge in [0, 0.05) is 6.20 Å². The Morgan fingerprint density at radius 2 is 1.67 bits per heavy atom. The lowest BCUT2D eigenvalue weighted by molar-refractivity contribution is 1.42. The van der Waals surface area contributed by atoms with E-state index in [4.69, 9.17) is 0 Å². The van der Waals surface area contributed by atoms with Crippen molar-refractivity contribution in [2.24, 2.45) is 0 Å². The number of nitrogens with zero attached hydrogens (tertiary/aromatic N) is 1. The molecule has 0 saturated carbocycles. The Labute approximate surface area is 111 Å². The van der Waals surface area contributed by atoms with Crippen molar-refractivity contribution < 1.29 is 0 Å². The van der Waals surface area contributed by atoms with Crippen molar-refractivity contribution in [1.82, 2.24) is 4.98 Å². The number of benzene rings is 2. The summed E-state index contributed by atoms with van der Waals surface area (Å²) in [7, 11) is 0. The van der Waals surface area contributed by atoms with Crippen LogP contribution in [0.2, 0.25) is 0 Å². The fourth-order valence-electron chi connectivity index (χ4n) is 1.96. The van der Waals surface area contributed by atoms with E-state index in [1.807, 2.05) is 11.7 Å². The van der Waals surface area contributed by atoms with Crippen LogP contribution in [0.3, 0.4) is 0 Å². The van der Waals surface area contributed by atoms with Crippen LogP contribution in [0.1, 0.15) is 5.56 Å². The van der Waals surface area contributed by atoms with Gasteiger partial charge >= 0.3 is 0 Å². The standard InChI is InChI=1S/C16H13NS/c1-12-5-7-13(8-6-12)14-3-2-4-15(9-14)16-10-17-11-18-16/h2-11H,1H3. The van der Waals surface area contributed by atoms with Crippen LogP contribution >= 0.6 is 11.3 Å². The van der Waals surface area contributed by atoms with Crippen molar-refractivity contribution in [3.63, 3.8) is 0 Å². The van der Waals surface area contributed by atoms with Crippen LogP contribution in [-0.2, 0) is 0 Å². The molecule has 88 valence electrons. The molecule has 1 heterocycles. The van der Waals surface area contributed by atoms with Crippen molar-refractivity contribution in [2.75, 3.05) is 0 Å². The van der Waals surface area contributed by atoms with Crippen LogP contribution in [0.4, 0.5) is 0 Å². The Balaban J connectivity index is 2.03. The Kier molecular flexibility index (Phi) is 2.95. The molecule has 0 saturated heterocycles. The van der Waals surface area contributed by atoms with Gasteiger partial charge in [0.05, 0.1) is 10.4 Å². The summed E-state index contributed by atoms with van der Waals surface area (Å²) in [5, 5.41) is 0. The predicted octanol–water partition coefficient (Wildman–Crippen LogP) is 4.79. The second-order valence-electron chi connectivity index (χ2n) is 4.31. The van der Waals surface area contributed by atoms with E-state index in [0.717, 1.165) is 0 Å². The molecule has 0 aliphatic carbocycles. The van der Waals surface area contributed by atoms with Gasteiger partial charge in [0.1, 0.15) is 0 Å². The van der Waals surface area contributed by atoms with Crippen LogP contribution in [-0.4, -0.2) is 4.98 Å². The maximum Gasteiger partial charge on any atom is 0.0797 e. The van der Waals surface area contributed by atoms with E-state index in [9.17, 15) is 0 Å². The van der Waals surface area contributed by atoms with Crippen LogP contribution in [0.25, 0.3) is 21.6 Å². The number of aryl methyl sites for hydroxylation is 1. The molecule has 1 nitrogen and oxygen atoms in total. The number of rotatable bonds is 2. The second kappa shape index (κ2) is 4.75. The molecular weight excluding hydrogens is 238 g/mol. The maximum atomic E-state index is 4.13. The van der Waals surface area contributed by atoms with E-state index >= 15 is 0 Å². The molecule has 0 atom stereocenters. The molecule has 0 fully saturated rings. The second-order valence-corrected chi connectivity index (χ2v) is 5.20. The minimum absolute atomic E-state index is 1.21. The lowest BCUT2D eigenvalue weighted by atomic mass is 10.0. The highest BCUT2D eigenvalue weighted by molar-refractivity contribution is 7.13. The van der Waals surface area contributed by atoms with Crippen molar-refractivity contribution in [3.8, 4) is 21.6 Å². The average molecular weight is 251 g/mol. The summed E-state index contributed by atoms with van der Waals surface area (Å²) in [6.07, 6.45) is 1.92. The lowest BCUT2D eigenvalue weighted by Gasteiger charge is -2.04. The van der Waals surface area contributed by atoms with Crippen LogP contribution < -0.4 is 0 Å². The summed E-state index contributed by atoms with van der Waals surface area (Å²) in [5.74, 6) is 0. The molecule has 0 spiro atoms. The molecular formula is C16H13NS. The first kappa shape index (κ1) is 11.2. The smallest absolute Gasteiger partial charge is 0.0797 e. The average Bonchev–Trinajstić information content (AvgIpc) is 2.94. The first-order valence-corrected chi connectivity index (χ1v) is 6.77. The normalized spacial score (nSPS) is 10.5. The summed E-state index contributed by atoms with van der Waals surface area (Å²) in [5.41, 5.74) is 6.90. The first-order chi connectivity index (χ1) is 8.83. The summed E-state index contributed by atoms with van der Waals surface area (Å²) < 4.78 is 0. The predicted molar refractivity (Wildman–Crippen MR) is 77.7 cm³/mol. The van der Waals surface area contributed by atoms with Crippen LogP contribution in [0.5, 0.6) is 0 Å². The zero-order valence-electron chi connectivity index (χ0n) is 10.1. The third-order valence-corrected chi connectivity index (χ3v) is 3.79. The largest absolute Gasteiger partial charge is 0.252 e. The fourth-order valence-corrected chi connectivity index (χ4v) is 2.58. The van der Waals surface area contributed by atoms with E-state index < -0.39 is 0 Å². The highest BCUT2D eigenvalue weighted by Crippen LogP contribution is 2.28. The fraction of sp³-hybridized carbons (Fsp3) is 0.0625. The Hall–Kier alpha value is -1.93. The Bertz CT molecular complexity index is 639. The van der Waals surface area contributed by atoms with Gasteiger partial charge in [-0.1, -0.05) is 48.0 Å². The summed E-state index contributed by atoms with van der Waals surface area (Å²) >= 11 is 1.67. The molecule has 0 radical (unpaired) electrons. The molecule has 0 N–H and O–H groups in total. The van der Waals surface area contributed by atoms with E-state index in [0.29, 0.717) is 0 Å². The highest BCUT2D eigenvalue weighted by Gasteiger charge is 2.02. The summed E-state index contributed by atoms with van der Waals surface area (Å²) in [6, 6.07) is 17.2. The van der Waals surface area contributed by atoms with E-state index in [1.165, 1.54) is 27.1 Å². The third-order valence-electron chi connectivity index (χ3n) is 2.96. The van der Waals surface area contributed by atoms with Gasteiger partial charge in [-0.3, -0.25) is 4.98 Å². The van der Waals surface area contributed by atoms with Gasteiger partial charge in [0.15, 0.2) is 0 Å². The lowest BCUT2D eigenvalue weighted by Crippen LogP contribution is -1.80. The number of thiazole rings is 1. The SMILES string of the molecule is Cc1ccc(-c2cccc(-c3cncs3)c2)cc1. The maximum absolute atomic E-state index is 4.13. The van der Waals surface area contributed by atoms with Crippen molar-refractivity contribution in [2.45, 2.75) is 6.92 Å². The third kappa shape index (κ3) is 2.20. The van der Waals surface area contributed by atoms with Gasteiger partial charge in [0.25, 0.3) is 0 Å². The van der Waals surface area contributed by atoms with Gasteiger partial charge in [-0.2, -0.15) is 0 Å². The molecule has 3 rings (SSSR count). The van der Waals surface area contributed by atoms with Crippen LogP contribution in [0.15, 0.2) is 60.2 Å². The highest BCUT2D eigenvalue weighted by atomic mass is 32.1. The monoisotopic (exact) mass is 251 g/mol. The molecule has 3 aromatic rings. The first-order valence-electron chi connectivity index (χ1n) is 5.89. The van der Waals surface area contributed by atoms with E-state index in [1.54, 1.807) is 11.3 Å². The van der Waals surface area contributed by atoms with E-state index in [-0.39, 0.29) is 0 Å². The van der Waals surface area contributed by atoms with Gasteiger partial charge in [-0.25, -0.2) is 0 Å². The molecule has 0 aliphatic rings. The molecule has 18 heavy (non-hydrogen) atoms. The molecule has 0 bridgehead atoms. The molecule has 2 heteroatoms. The number of hydrogen-bond acceptors (Lipinski definition) is 2. The van der Waals surface area contributed by atoms with Gasteiger partial charge < -0.3 is 0 Å². The molecule has 1 aromatic heterocycles. The zero-order chi connectivity index (χ0) is 12.4. The van der Waals surface area contributed by atoms with Crippen molar-refractivity contribution in [1.29, 1.82) is 0 Å². The van der Waals surface area contributed by atoms with Gasteiger partial charge in [-0.05, 0) is 29.7 Å². The Morgan fingerprint density at radius 1 is 0.889 bits per heavy atom. The molecule has 0 unspecified atom stereocenters. The summed E-state index contributed by atoms with van der Waals surface area (Å²) in [6.45, 7) is 2.11. The Morgan fingerprint density at radius 3 is 2.39 bits per heavy atom. The van der Waals surface area contributed by atoms with Gasteiger partial charge in [-0.15, -0.1) is 11.3 Å². The number of hydrogen-bond donors (Lipinski definition) is 0. The minimum atomic E-state index is 1.21. The molecule has 0 aliphatic heterocycles. The zero-order valence-corrected chi connectivity index (χ0v) is 10.9. The summed E-state index contributed by atoms with van der Waals surface area (Å²) in [4.78, 5) is 5.34. The molecule has 2 aromatic carbocycles. The minimum Gasteiger partial charge on any atom is -0.252 e. The topological polar surface area (TPSA) is 12.9 Å². The van der Waals surface area contributed by atoms with Gasteiger partial charge in [0.2, 0.25) is 0 Å². The molecule has 0 amide bonds. The van der Waals surface area contributed by atoms with E-state index in [2.05, 4.69) is 60.4 Å². The number of aromatic nitrogens is 1. The van der Waals surface area contributed by atoms with Crippen LogP contribution in [0, 0.1) is 6.92 Å².